The number of nitrogens with one attached hydrogen (secondary N) is 2. The Morgan fingerprint density at radius 3 is 2.75 bits per heavy atom. The molecule has 0 aliphatic carbocycles. The second-order valence-corrected chi connectivity index (χ2v) is 4.72. The van der Waals surface area contributed by atoms with E-state index in [1.807, 2.05) is 26.8 Å². The molecule has 4 nitrogen and oxygen atoms in total. The fourth-order valence-electron chi connectivity index (χ4n) is 1.34. The first-order valence-electron chi connectivity index (χ1n) is 5.85. The Morgan fingerprint density at radius 2 is 2.19 bits per heavy atom. The lowest BCUT2D eigenvalue weighted by Crippen LogP contribution is -2.42. The maximum Gasteiger partial charge on any atom is 0.272 e. The van der Waals surface area contributed by atoms with Crippen LogP contribution in [-0.4, -0.2) is 21.6 Å². The number of amides is 1. The van der Waals surface area contributed by atoms with Crippen molar-refractivity contribution in [2.45, 2.75) is 52.5 Å². The number of carbonyl (C=O) groups excluding carboxylic acids is 1. The van der Waals surface area contributed by atoms with Crippen molar-refractivity contribution < 1.29 is 4.79 Å². The van der Waals surface area contributed by atoms with Crippen LogP contribution in [0, 0.1) is 0 Å². The average molecular weight is 223 g/mol. The van der Waals surface area contributed by atoms with E-state index in [9.17, 15) is 4.79 Å². The zero-order valence-electron chi connectivity index (χ0n) is 10.6. The first kappa shape index (κ1) is 12.7. The Labute approximate surface area is 96.8 Å². The average Bonchev–Trinajstić information content (AvgIpc) is 2.66. The van der Waals surface area contributed by atoms with Crippen LogP contribution < -0.4 is 5.32 Å². The number of aromatic amines is 1. The van der Waals surface area contributed by atoms with E-state index in [0.717, 1.165) is 25.0 Å². The van der Waals surface area contributed by atoms with Crippen LogP contribution in [0.2, 0.25) is 0 Å². The van der Waals surface area contributed by atoms with Gasteiger partial charge in [-0.1, -0.05) is 20.3 Å². The van der Waals surface area contributed by atoms with Gasteiger partial charge in [0.2, 0.25) is 0 Å². The van der Waals surface area contributed by atoms with Crippen molar-refractivity contribution in [1.82, 2.24) is 15.5 Å². The molecule has 90 valence electrons. The number of aromatic nitrogens is 2. The van der Waals surface area contributed by atoms with Crippen LogP contribution in [0.25, 0.3) is 0 Å². The van der Waals surface area contributed by atoms with Gasteiger partial charge >= 0.3 is 0 Å². The fraction of sp³-hybridized carbons (Fsp3) is 0.667. The van der Waals surface area contributed by atoms with E-state index in [0.29, 0.717) is 5.69 Å². The number of carbonyl (C=O) groups is 1. The smallest absolute Gasteiger partial charge is 0.272 e. The molecule has 0 atom stereocenters. The van der Waals surface area contributed by atoms with Crippen LogP contribution >= 0.6 is 0 Å². The monoisotopic (exact) mass is 223 g/mol. The number of rotatable bonds is 5. The molecule has 1 amide bonds. The van der Waals surface area contributed by atoms with E-state index in [1.165, 1.54) is 0 Å². The van der Waals surface area contributed by atoms with Gasteiger partial charge in [0, 0.05) is 11.2 Å². The van der Waals surface area contributed by atoms with Crippen molar-refractivity contribution in [2.24, 2.45) is 0 Å². The lowest BCUT2D eigenvalue weighted by atomic mass is 10.0. The molecular weight excluding hydrogens is 202 g/mol. The summed E-state index contributed by atoms with van der Waals surface area (Å²) in [6, 6.07) is 1.82. The molecule has 1 rings (SSSR count). The van der Waals surface area contributed by atoms with Gasteiger partial charge in [0.1, 0.15) is 5.69 Å². The normalized spacial score (nSPS) is 11.5. The zero-order chi connectivity index (χ0) is 12.2. The van der Waals surface area contributed by atoms with Crippen LogP contribution in [-0.2, 0) is 6.42 Å². The van der Waals surface area contributed by atoms with Crippen LogP contribution in [0.4, 0.5) is 0 Å². The lowest BCUT2D eigenvalue weighted by Gasteiger charge is -2.23. The Balaban J connectivity index is 2.66. The number of H-pyrrole nitrogens is 1. The predicted octanol–water partition coefficient (Wildman–Crippen LogP) is 2.28. The number of aryl methyl sites for hydroxylation is 1. The molecule has 2 N–H and O–H groups in total. The molecule has 0 saturated heterocycles. The van der Waals surface area contributed by atoms with Gasteiger partial charge in [-0.25, -0.2) is 0 Å². The quantitative estimate of drug-likeness (QED) is 0.804. The van der Waals surface area contributed by atoms with Gasteiger partial charge < -0.3 is 5.32 Å². The number of hydrogen-bond acceptors (Lipinski definition) is 2. The fourth-order valence-corrected chi connectivity index (χ4v) is 1.34. The minimum absolute atomic E-state index is 0.106. The largest absolute Gasteiger partial charge is 0.346 e. The predicted molar refractivity (Wildman–Crippen MR) is 64.4 cm³/mol. The molecule has 16 heavy (non-hydrogen) atoms. The molecule has 0 spiro atoms. The highest BCUT2D eigenvalue weighted by Crippen LogP contribution is 2.09. The molecular formula is C12H21N3O. The van der Waals surface area contributed by atoms with Crippen LogP contribution in [0.5, 0.6) is 0 Å². The molecule has 0 aliphatic heterocycles. The molecule has 1 aromatic rings. The van der Waals surface area contributed by atoms with E-state index in [4.69, 9.17) is 0 Å². The summed E-state index contributed by atoms with van der Waals surface area (Å²) in [7, 11) is 0. The van der Waals surface area contributed by atoms with Gasteiger partial charge in [-0.05, 0) is 32.8 Å². The van der Waals surface area contributed by atoms with Crippen molar-refractivity contribution in [3.05, 3.63) is 17.5 Å². The molecule has 4 heteroatoms. The van der Waals surface area contributed by atoms with Crippen LogP contribution in [0.1, 0.15) is 56.7 Å². The number of nitrogens with zero attached hydrogens (tertiary/aromatic N) is 1. The SMILES string of the molecule is CCCc1cc(C(=O)NC(C)(C)CC)n[nH]1. The molecule has 0 radical (unpaired) electrons. The maximum atomic E-state index is 11.8. The zero-order valence-corrected chi connectivity index (χ0v) is 10.6. The van der Waals surface area contributed by atoms with Gasteiger partial charge in [0.15, 0.2) is 0 Å². The highest BCUT2D eigenvalue weighted by molar-refractivity contribution is 5.92. The summed E-state index contributed by atoms with van der Waals surface area (Å²) in [6.07, 6.45) is 2.87. The van der Waals surface area contributed by atoms with Crippen molar-refractivity contribution in [2.75, 3.05) is 0 Å². The first-order chi connectivity index (χ1) is 7.48. The Hall–Kier alpha value is -1.32. The second-order valence-electron chi connectivity index (χ2n) is 4.72. The molecule has 0 fully saturated rings. The van der Waals surface area contributed by atoms with Crippen LogP contribution in [0.15, 0.2) is 6.07 Å². The Morgan fingerprint density at radius 1 is 1.50 bits per heavy atom. The van der Waals surface area contributed by atoms with Gasteiger partial charge in [-0.2, -0.15) is 5.10 Å². The summed E-state index contributed by atoms with van der Waals surface area (Å²) in [5.41, 5.74) is 1.31. The highest BCUT2D eigenvalue weighted by Gasteiger charge is 2.20. The third-order valence-corrected chi connectivity index (χ3v) is 2.72. The van der Waals surface area contributed by atoms with Gasteiger partial charge in [0.05, 0.1) is 0 Å². The minimum Gasteiger partial charge on any atom is -0.346 e. The summed E-state index contributed by atoms with van der Waals surface area (Å²) in [6.45, 7) is 8.16. The molecule has 1 aromatic heterocycles. The summed E-state index contributed by atoms with van der Waals surface area (Å²) in [4.78, 5) is 11.8. The third-order valence-electron chi connectivity index (χ3n) is 2.72. The second kappa shape index (κ2) is 5.14. The van der Waals surface area contributed by atoms with E-state index in [2.05, 4.69) is 22.4 Å². The number of hydrogen-bond donors (Lipinski definition) is 2. The molecule has 0 aromatic carbocycles. The Bertz CT molecular complexity index is 355. The Kier molecular flexibility index (Phi) is 4.10. The van der Waals surface area contributed by atoms with Gasteiger partial charge in [-0.3, -0.25) is 9.89 Å². The topological polar surface area (TPSA) is 57.8 Å². The molecule has 0 aliphatic rings. The summed E-state index contributed by atoms with van der Waals surface area (Å²) >= 11 is 0. The van der Waals surface area contributed by atoms with E-state index < -0.39 is 0 Å². The molecule has 0 unspecified atom stereocenters. The summed E-state index contributed by atoms with van der Waals surface area (Å²) in [5.74, 6) is -0.106. The first-order valence-corrected chi connectivity index (χ1v) is 5.85. The van der Waals surface area contributed by atoms with Gasteiger partial charge in [-0.15, -0.1) is 0 Å². The van der Waals surface area contributed by atoms with Crippen LogP contribution in [0.3, 0.4) is 0 Å². The summed E-state index contributed by atoms with van der Waals surface area (Å²) < 4.78 is 0. The van der Waals surface area contributed by atoms with Crippen molar-refractivity contribution in [3.8, 4) is 0 Å². The van der Waals surface area contributed by atoms with E-state index in [-0.39, 0.29) is 11.4 Å². The molecule has 1 heterocycles. The summed E-state index contributed by atoms with van der Waals surface area (Å²) in [5, 5.41) is 9.85. The standard InChI is InChI=1S/C12H21N3O/c1-5-7-9-8-10(15-14-9)11(16)13-12(3,4)6-2/h8H,5-7H2,1-4H3,(H,13,16)(H,14,15). The van der Waals surface area contributed by atoms with Crippen molar-refractivity contribution in [3.63, 3.8) is 0 Å². The lowest BCUT2D eigenvalue weighted by molar-refractivity contribution is 0.0906. The highest BCUT2D eigenvalue weighted by atomic mass is 16.2. The van der Waals surface area contributed by atoms with Crippen molar-refractivity contribution >= 4 is 5.91 Å². The van der Waals surface area contributed by atoms with Gasteiger partial charge in [0.25, 0.3) is 5.91 Å². The minimum atomic E-state index is -0.180. The molecule has 0 saturated carbocycles. The van der Waals surface area contributed by atoms with Crippen molar-refractivity contribution in [1.29, 1.82) is 0 Å². The van der Waals surface area contributed by atoms with E-state index in [1.54, 1.807) is 0 Å². The van der Waals surface area contributed by atoms with E-state index >= 15 is 0 Å². The molecule has 0 bridgehead atoms. The third kappa shape index (κ3) is 3.36. The maximum absolute atomic E-state index is 11.8.